The number of carbonyl (C=O) groups is 1. The number of thiazole rings is 1. The number of hydrogen-bond acceptors (Lipinski definition) is 7. The average Bonchev–Trinajstić information content (AvgIpc) is 3.47. The maximum atomic E-state index is 14.5. The lowest BCUT2D eigenvalue weighted by Crippen LogP contribution is -2.51. The normalized spacial score (nSPS) is 18.6. The van der Waals surface area contributed by atoms with Crippen LogP contribution in [0.2, 0.25) is 10.0 Å². The molecule has 2 aromatic carbocycles. The zero-order chi connectivity index (χ0) is 25.8. The Labute approximate surface area is 226 Å². The lowest BCUT2D eigenvalue weighted by atomic mass is 10.0. The third kappa shape index (κ3) is 4.58. The molecule has 192 valence electrons. The van der Waals surface area contributed by atoms with E-state index in [0.29, 0.717) is 50.1 Å². The van der Waals surface area contributed by atoms with Crippen molar-refractivity contribution in [2.75, 3.05) is 24.5 Å². The molecule has 2 fully saturated rings. The van der Waals surface area contributed by atoms with E-state index in [2.05, 4.69) is 26.9 Å². The topological polar surface area (TPSA) is 82.7 Å². The fourth-order valence-electron chi connectivity index (χ4n) is 4.97. The fourth-order valence-corrected chi connectivity index (χ4v) is 6.69. The van der Waals surface area contributed by atoms with Crippen LogP contribution in [0.15, 0.2) is 34.9 Å². The molecule has 1 saturated carbocycles. The van der Waals surface area contributed by atoms with Crippen molar-refractivity contribution >= 4 is 55.9 Å². The summed E-state index contributed by atoms with van der Waals surface area (Å²) in [5, 5.41) is 15.4. The van der Waals surface area contributed by atoms with Crippen molar-refractivity contribution in [2.24, 2.45) is 0 Å². The number of aromatic nitrogens is 2. The molecule has 2 aromatic heterocycles. The zero-order valence-corrected chi connectivity index (χ0v) is 22.2. The van der Waals surface area contributed by atoms with Gasteiger partial charge in [-0.25, -0.2) is 14.2 Å². The van der Waals surface area contributed by atoms with Crippen LogP contribution >= 0.6 is 34.5 Å². The minimum Gasteiger partial charge on any atom is -0.478 e. The van der Waals surface area contributed by atoms with Crippen LogP contribution in [0, 0.1) is 5.82 Å². The molecule has 11 heteroatoms. The number of carboxylic acids is 1. The van der Waals surface area contributed by atoms with Crippen LogP contribution in [0.3, 0.4) is 0 Å². The number of hydrogen-bond donors (Lipinski definition) is 1. The van der Waals surface area contributed by atoms with Gasteiger partial charge in [-0.1, -0.05) is 45.8 Å². The predicted molar refractivity (Wildman–Crippen MR) is 143 cm³/mol. The Balaban J connectivity index is 1.25. The smallest absolute Gasteiger partial charge is 0.335 e. The van der Waals surface area contributed by atoms with Gasteiger partial charge in [0.1, 0.15) is 17.0 Å². The van der Waals surface area contributed by atoms with Crippen molar-refractivity contribution in [2.45, 2.75) is 38.3 Å². The number of benzene rings is 2. The highest BCUT2D eigenvalue weighted by Crippen LogP contribution is 2.46. The average molecular weight is 561 g/mol. The third-order valence-electron chi connectivity index (χ3n) is 6.99. The Bertz CT molecular complexity index is 1500. The van der Waals surface area contributed by atoms with Crippen molar-refractivity contribution in [3.05, 3.63) is 63.1 Å². The number of rotatable bonds is 6. The van der Waals surface area contributed by atoms with E-state index >= 15 is 0 Å². The highest BCUT2D eigenvalue weighted by Gasteiger charge is 2.35. The Hall–Kier alpha value is -2.72. The summed E-state index contributed by atoms with van der Waals surface area (Å²) in [6, 6.07) is 8.03. The molecular weight excluding hydrogens is 538 g/mol. The second kappa shape index (κ2) is 9.54. The minimum absolute atomic E-state index is 0.0762. The molecule has 0 bridgehead atoms. The predicted octanol–water partition coefficient (Wildman–Crippen LogP) is 6.68. The van der Waals surface area contributed by atoms with Gasteiger partial charge < -0.3 is 14.5 Å². The highest BCUT2D eigenvalue weighted by molar-refractivity contribution is 7.22. The van der Waals surface area contributed by atoms with Crippen molar-refractivity contribution in [1.29, 1.82) is 0 Å². The standard InChI is InChI=1S/C26H23Cl2FN4O3S/c1-13-11-32(7-8-33(13)26-30-23-19(29)9-15(25(34)35)10-20(23)37-26)12-16-22(31-36-24(16)14-5-6-14)21-17(27)3-2-4-18(21)28/h2-4,9-10,13-14H,5-8,11-12H2,1H3,(H,34,35)/t13-/m1/s1. The van der Waals surface area contributed by atoms with E-state index in [-0.39, 0.29) is 17.1 Å². The van der Waals surface area contributed by atoms with E-state index in [9.17, 15) is 14.3 Å². The lowest BCUT2D eigenvalue weighted by Gasteiger charge is -2.39. The van der Waals surface area contributed by atoms with Gasteiger partial charge in [-0.2, -0.15) is 0 Å². The molecule has 7 nitrogen and oxygen atoms in total. The van der Waals surface area contributed by atoms with Gasteiger partial charge in [-0.15, -0.1) is 0 Å². The quantitative estimate of drug-likeness (QED) is 0.281. The van der Waals surface area contributed by atoms with Crippen LogP contribution in [-0.2, 0) is 6.54 Å². The van der Waals surface area contributed by atoms with E-state index in [1.54, 1.807) is 12.1 Å². The second-order valence-corrected chi connectivity index (χ2v) is 11.5. The van der Waals surface area contributed by atoms with Gasteiger partial charge in [-0.05, 0) is 44.0 Å². The molecule has 0 spiro atoms. The van der Waals surface area contributed by atoms with Crippen LogP contribution in [0.4, 0.5) is 9.52 Å². The first-order chi connectivity index (χ1) is 17.8. The third-order valence-corrected chi connectivity index (χ3v) is 8.66. The SMILES string of the molecule is C[C@@H]1CN(Cc2c(-c3c(Cl)cccc3Cl)noc2C2CC2)CCN1c1nc2c(F)cc(C(=O)O)cc2s1. The molecule has 2 aliphatic rings. The number of piperazine rings is 1. The minimum atomic E-state index is -1.16. The first-order valence-corrected chi connectivity index (χ1v) is 13.6. The van der Waals surface area contributed by atoms with Crippen LogP contribution in [0.5, 0.6) is 0 Å². The van der Waals surface area contributed by atoms with E-state index in [4.69, 9.17) is 27.7 Å². The fraction of sp³-hybridized carbons (Fsp3) is 0.346. The van der Waals surface area contributed by atoms with Gasteiger partial charge in [0, 0.05) is 49.3 Å². The second-order valence-electron chi connectivity index (χ2n) is 9.63. The molecule has 0 amide bonds. The van der Waals surface area contributed by atoms with E-state index in [1.165, 1.54) is 17.4 Å². The molecule has 1 aliphatic carbocycles. The Morgan fingerprint density at radius 2 is 2.00 bits per heavy atom. The van der Waals surface area contributed by atoms with Crippen LogP contribution < -0.4 is 4.90 Å². The summed E-state index contributed by atoms with van der Waals surface area (Å²) in [6.07, 6.45) is 2.17. The lowest BCUT2D eigenvalue weighted by molar-refractivity contribution is 0.0696. The van der Waals surface area contributed by atoms with Crippen molar-refractivity contribution in [3.8, 4) is 11.3 Å². The van der Waals surface area contributed by atoms with E-state index in [0.717, 1.165) is 43.3 Å². The summed E-state index contributed by atoms with van der Waals surface area (Å²) in [5.74, 6) is -0.481. The monoisotopic (exact) mass is 560 g/mol. The zero-order valence-electron chi connectivity index (χ0n) is 19.9. The van der Waals surface area contributed by atoms with Crippen LogP contribution in [0.1, 0.15) is 47.4 Å². The number of nitrogens with zero attached hydrogens (tertiary/aromatic N) is 4. The molecule has 0 radical (unpaired) electrons. The molecule has 1 saturated heterocycles. The maximum Gasteiger partial charge on any atom is 0.335 e. The Morgan fingerprint density at radius 1 is 1.24 bits per heavy atom. The summed E-state index contributed by atoms with van der Waals surface area (Å²) >= 11 is 14.3. The molecule has 1 atom stereocenters. The molecule has 3 heterocycles. The van der Waals surface area contributed by atoms with Gasteiger partial charge in [0.15, 0.2) is 10.9 Å². The number of carboxylic acid groups (broad SMARTS) is 1. The van der Waals surface area contributed by atoms with Gasteiger partial charge >= 0.3 is 5.97 Å². The van der Waals surface area contributed by atoms with Gasteiger partial charge in [0.25, 0.3) is 0 Å². The summed E-state index contributed by atoms with van der Waals surface area (Å²) < 4.78 is 20.9. The number of aromatic carboxylic acids is 1. The largest absolute Gasteiger partial charge is 0.478 e. The first-order valence-electron chi connectivity index (χ1n) is 12.1. The maximum absolute atomic E-state index is 14.5. The molecule has 37 heavy (non-hydrogen) atoms. The van der Waals surface area contributed by atoms with Crippen molar-refractivity contribution in [1.82, 2.24) is 15.0 Å². The number of fused-ring (bicyclic) bond motifs is 1. The molecule has 6 rings (SSSR count). The Morgan fingerprint density at radius 3 is 2.68 bits per heavy atom. The first kappa shape index (κ1) is 24.6. The summed E-state index contributed by atoms with van der Waals surface area (Å²) in [7, 11) is 0. The van der Waals surface area contributed by atoms with Crippen LogP contribution in [-0.4, -0.2) is 51.8 Å². The van der Waals surface area contributed by atoms with Gasteiger partial charge in [0.2, 0.25) is 0 Å². The molecular formula is C26H23Cl2FN4O3S. The molecule has 4 aromatic rings. The van der Waals surface area contributed by atoms with Crippen molar-refractivity contribution in [3.63, 3.8) is 0 Å². The molecule has 0 unspecified atom stereocenters. The Kier molecular flexibility index (Phi) is 6.35. The van der Waals surface area contributed by atoms with E-state index in [1.807, 2.05) is 6.07 Å². The van der Waals surface area contributed by atoms with Gasteiger partial charge in [0.05, 0.1) is 20.3 Å². The summed E-state index contributed by atoms with van der Waals surface area (Å²) in [6.45, 7) is 4.97. The summed E-state index contributed by atoms with van der Waals surface area (Å²) in [5.41, 5.74) is 2.55. The van der Waals surface area contributed by atoms with Crippen LogP contribution in [0.25, 0.3) is 21.5 Å². The van der Waals surface area contributed by atoms with E-state index < -0.39 is 11.8 Å². The number of anilines is 1. The van der Waals surface area contributed by atoms with Gasteiger partial charge in [-0.3, -0.25) is 4.90 Å². The van der Waals surface area contributed by atoms with Crippen molar-refractivity contribution < 1.29 is 18.8 Å². The molecule has 1 aliphatic heterocycles. The summed E-state index contributed by atoms with van der Waals surface area (Å²) in [4.78, 5) is 20.3. The number of halogens is 3. The highest BCUT2D eigenvalue weighted by atomic mass is 35.5. The molecule has 1 N–H and O–H groups in total.